The van der Waals surface area contributed by atoms with Gasteiger partial charge in [-0.25, -0.2) is 0 Å². The lowest BCUT2D eigenvalue weighted by atomic mass is 10.2. The van der Waals surface area contributed by atoms with Gasteiger partial charge in [-0.15, -0.1) is 0 Å². The van der Waals surface area contributed by atoms with Gasteiger partial charge in [-0.1, -0.05) is 35.5 Å². The lowest BCUT2D eigenvalue weighted by Gasteiger charge is -2.32. The highest BCUT2D eigenvalue weighted by Gasteiger charge is 2.22. The lowest BCUT2D eigenvalue weighted by Crippen LogP contribution is -2.21. The third-order valence-corrected chi connectivity index (χ3v) is 4.38. The molecule has 0 saturated carbocycles. The van der Waals surface area contributed by atoms with Crippen molar-refractivity contribution in [2.75, 3.05) is 11.4 Å². The Bertz CT molecular complexity index is 663. The number of hydrogen-bond donors (Lipinski definition) is 0. The van der Waals surface area contributed by atoms with E-state index in [0.29, 0.717) is 13.0 Å². The number of anilines is 2. The quantitative estimate of drug-likeness (QED) is 0.789. The predicted octanol–water partition coefficient (Wildman–Crippen LogP) is 4.86. The van der Waals surface area contributed by atoms with E-state index in [1.807, 2.05) is 30.3 Å². The molecule has 0 aromatic heterocycles. The fourth-order valence-electron chi connectivity index (χ4n) is 2.21. The van der Waals surface area contributed by atoms with Crippen LogP contribution in [0.15, 0.2) is 52.3 Å². The fraction of sp³-hybridized carbons (Fsp3) is 0.133. The maximum atomic E-state index is 8.83. The van der Waals surface area contributed by atoms with Gasteiger partial charge in [0.05, 0.1) is 23.9 Å². The van der Waals surface area contributed by atoms with E-state index in [1.54, 1.807) is 11.8 Å². The standard InChI is InChI=1S/C15H11ClN2S/c16-11-6-7-13-15(10-11)19-14-5-2-1-4-12(14)18(13)9-3-8-17/h1-2,4-7,10H,3,9H2. The first-order valence-electron chi connectivity index (χ1n) is 6.00. The van der Waals surface area contributed by atoms with Gasteiger partial charge in [0.1, 0.15) is 0 Å². The van der Waals surface area contributed by atoms with Crippen LogP contribution in [0.1, 0.15) is 6.42 Å². The SMILES string of the molecule is N#CCCN1c2ccccc2Sc2cc(Cl)ccc21. The normalized spacial score (nSPS) is 12.5. The summed E-state index contributed by atoms with van der Waals surface area (Å²) in [6.07, 6.45) is 0.501. The molecule has 2 nitrogen and oxygen atoms in total. The van der Waals surface area contributed by atoms with E-state index in [4.69, 9.17) is 16.9 Å². The number of nitriles is 1. The molecule has 1 heterocycles. The van der Waals surface area contributed by atoms with Gasteiger partial charge in [-0.3, -0.25) is 0 Å². The average molecular weight is 287 g/mol. The Morgan fingerprint density at radius 3 is 2.74 bits per heavy atom. The number of benzene rings is 2. The Labute approximate surface area is 121 Å². The molecule has 4 heteroatoms. The number of para-hydroxylation sites is 1. The van der Waals surface area contributed by atoms with E-state index >= 15 is 0 Å². The number of fused-ring (bicyclic) bond motifs is 2. The van der Waals surface area contributed by atoms with Crippen molar-refractivity contribution in [2.45, 2.75) is 16.2 Å². The van der Waals surface area contributed by atoms with Gasteiger partial charge < -0.3 is 4.90 Å². The maximum absolute atomic E-state index is 8.83. The van der Waals surface area contributed by atoms with E-state index < -0.39 is 0 Å². The van der Waals surface area contributed by atoms with Crippen molar-refractivity contribution < 1.29 is 0 Å². The minimum Gasteiger partial charge on any atom is -0.339 e. The molecule has 0 unspecified atom stereocenters. The van der Waals surface area contributed by atoms with Crippen molar-refractivity contribution in [1.29, 1.82) is 5.26 Å². The van der Waals surface area contributed by atoms with Crippen LogP contribution in [-0.2, 0) is 0 Å². The van der Waals surface area contributed by atoms with Crippen LogP contribution < -0.4 is 4.90 Å². The summed E-state index contributed by atoms with van der Waals surface area (Å²) in [5.74, 6) is 0. The van der Waals surface area contributed by atoms with Crippen molar-refractivity contribution in [1.82, 2.24) is 0 Å². The number of halogens is 1. The number of nitrogens with zero attached hydrogens (tertiary/aromatic N) is 2. The Morgan fingerprint density at radius 2 is 1.89 bits per heavy atom. The largest absolute Gasteiger partial charge is 0.339 e. The monoisotopic (exact) mass is 286 g/mol. The Morgan fingerprint density at radius 1 is 1.11 bits per heavy atom. The third kappa shape index (κ3) is 2.30. The van der Waals surface area contributed by atoms with Crippen molar-refractivity contribution >= 4 is 34.7 Å². The van der Waals surface area contributed by atoms with Crippen LogP contribution in [-0.4, -0.2) is 6.54 Å². The van der Waals surface area contributed by atoms with Gasteiger partial charge in [0, 0.05) is 21.4 Å². The molecule has 0 saturated heterocycles. The van der Waals surface area contributed by atoms with E-state index in [2.05, 4.69) is 23.1 Å². The van der Waals surface area contributed by atoms with Crippen LogP contribution in [0, 0.1) is 11.3 Å². The fourth-order valence-corrected chi connectivity index (χ4v) is 3.58. The van der Waals surface area contributed by atoms with Crippen LogP contribution >= 0.6 is 23.4 Å². The topological polar surface area (TPSA) is 27.0 Å². The van der Waals surface area contributed by atoms with Crippen molar-refractivity contribution in [2.24, 2.45) is 0 Å². The summed E-state index contributed by atoms with van der Waals surface area (Å²) in [4.78, 5) is 4.54. The van der Waals surface area contributed by atoms with E-state index in [-0.39, 0.29) is 0 Å². The molecule has 94 valence electrons. The molecule has 0 fully saturated rings. The molecule has 0 amide bonds. The second-order valence-electron chi connectivity index (χ2n) is 4.24. The average Bonchev–Trinajstić information content (AvgIpc) is 2.43. The van der Waals surface area contributed by atoms with Crippen LogP contribution in [0.5, 0.6) is 0 Å². The Balaban J connectivity index is 2.10. The van der Waals surface area contributed by atoms with Crippen molar-refractivity contribution in [3.05, 3.63) is 47.5 Å². The highest BCUT2D eigenvalue weighted by Crippen LogP contribution is 2.48. The van der Waals surface area contributed by atoms with Gasteiger partial charge in [-0.05, 0) is 30.3 Å². The smallest absolute Gasteiger partial charge is 0.0640 e. The zero-order chi connectivity index (χ0) is 13.2. The number of rotatable bonds is 2. The summed E-state index contributed by atoms with van der Waals surface area (Å²) in [6.45, 7) is 0.697. The van der Waals surface area contributed by atoms with Gasteiger partial charge in [0.25, 0.3) is 0 Å². The first kappa shape index (κ1) is 12.4. The second-order valence-corrected chi connectivity index (χ2v) is 5.76. The van der Waals surface area contributed by atoms with E-state index in [9.17, 15) is 0 Å². The molecule has 0 radical (unpaired) electrons. The maximum Gasteiger partial charge on any atom is 0.0640 e. The molecule has 19 heavy (non-hydrogen) atoms. The zero-order valence-electron chi connectivity index (χ0n) is 10.1. The van der Waals surface area contributed by atoms with Crippen molar-refractivity contribution in [3.8, 4) is 6.07 Å². The van der Waals surface area contributed by atoms with Gasteiger partial charge in [0.15, 0.2) is 0 Å². The first-order valence-corrected chi connectivity index (χ1v) is 7.20. The lowest BCUT2D eigenvalue weighted by molar-refractivity contribution is 0.919. The molecule has 2 aromatic carbocycles. The first-order chi connectivity index (χ1) is 9.29. The predicted molar refractivity (Wildman–Crippen MR) is 79.3 cm³/mol. The highest BCUT2D eigenvalue weighted by atomic mass is 35.5. The van der Waals surface area contributed by atoms with Crippen LogP contribution in [0.3, 0.4) is 0 Å². The van der Waals surface area contributed by atoms with Crippen LogP contribution in [0.25, 0.3) is 0 Å². The minimum atomic E-state index is 0.501. The second kappa shape index (κ2) is 5.16. The summed E-state index contributed by atoms with van der Waals surface area (Å²) in [7, 11) is 0. The third-order valence-electron chi connectivity index (χ3n) is 3.04. The van der Waals surface area contributed by atoms with Gasteiger partial charge in [0.2, 0.25) is 0 Å². The van der Waals surface area contributed by atoms with Crippen LogP contribution in [0.4, 0.5) is 11.4 Å². The minimum absolute atomic E-state index is 0.501. The Kier molecular flexibility index (Phi) is 3.37. The molecule has 2 aromatic rings. The summed E-state index contributed by atoms with van der Waals surface area (Å²) in [5, 5.41) is 9.58. The molecule has 1 aliphatic heterocycles. The van der Waals surface area contributed by atoms with Gasteiger partial charge >= 0.3 is 0 Å². The Hall–Kier alpha value is -1.63. The molecular weight excluding hydrogens is 276 g/mol. The van der Waals surface area contributed by atoms with E-state index in [0.717, 1.165) is 21.3 Å². The van der Waals surface area contributed by atoms with Gasteiger partial charge in [-0.2, -0.15) is 5.26 Å². The molecule has 0 spiro atoms. The molecule has 0 N–H and O–H groups in total. The molecule has 0 bridgehead atoms. The molecule has 3 rings (SSSR count). The summed E-state index contributed by atoms with van der Waals surface area (Å²) < 4.78 is 0. The van der Waals surface area contributed by atoms with Crippen molar-refractivity contribution in [3.63, 3.8) is 0 Å². The molecule has 0 atom stereocenters. The molecular formula is C15H11ClN2S. The zero-order valence-corrected chi connectivity index (χ0v) is 11.7. The van der Waals surface area contributed by atoms with E-state index in [1.165, 1.54) is 4.90 Å². The highest BCUT2D eigenvalue weighted by molar-refractivity contribution is 7.99. The number of hydrogen-bond acceptors (Lipinski definition) is 3. The summed E-state index contributed by atoms with van der Waals surface area (Å²) >= 11 is 7.80. The molecule has 1 aliphatic rings. The summed E-state index contributed by atoms with van der Waals surface area (Å²) in [6, 6.07) is 16.4. The van der Waals surface area contributed by atoms with Crippen LogP contribution in [0.2, 0.25) is 5.02 Å². The molecule has 0 aliphatic carbocycles. The summed E-state index contributed by atoms with van der Waals surface area (Å²) in [5.41, 5.74) is 2.29.